The van der Waals surface area contributed by atoms with Crippen molar-refractivity contribution in [3.63, 3.8) is 0 Å². The van der Waals surface area contributed by atoms with Gasteiger partial charge in [0.25, 0.3) is 5.91 Å². The Kier molecular flexibility index (Phi) is 4.63. The Labute approximate surface area is 125 Å². The summed E-state index contributed by atoms with van der Waals surface area (Å²) in [6, 6.07) is 4.54. The Morgan fingerprint density at radius 3 is 2.33 bits per heavy atom. The molecule has 1 aliphatic heterocycles. The molecule has 8 heteroatoms. The van der Waals surface area contributed by atoms with E-state index in [2.05, 4.69) is 0 Å². The van der Waals surface area contributed by atoms with Gasteiger partial charge in [0.15, 0.2) is 0 Å². The first-order valence-corrected chi connectivity index (χ1v) is 6.77. The molecule has 116 valence electrons. The minimum Gasteiger partial charge on any atom is -0.399 e. The van der Waals surface area contributed by atoms with Crippen molar-refractivity contribution in [3.8, 4) is 0 Å². The quantitative estimate of drug-likeness (QED) is 0.850. The molecule has 1 amide bonds. The molecule has 2 rings (SSSR count). The minimum atomic E-state index is -4.21. The maximum absolute atomic E-state index is 12.3. The molecule has 0 radical (unpaired) electrons. The van der Waals surface area contributed by atoms with Crippen LogP contribution in [0, 0.1) is 0 Å². The van der Waals surface area contributed by atoms with Gasteiger partial charge in [-0.3, -0.25) is 9.69 Å². The smallest absolute Gasteiger partial charge is 0.399 e. The van der Waals surface area contributed by atoms with Crippen molar-refractivity contribution in [2.45, 2.75) is 6.18 Å². The molecule has 0 saturated carbocycles. The first-order chi connectivity index (χ1) is 9.74. The fourth-order valence-electron chi connectivity index (χ4n) is 2.28. The van der Waals surface area contributed by atoms with Crippen molar-refractivity contribution in [3.05, 3.63) is 28.8 Å². The zero-order valence-corrected chi connectivity index (χ0v) is 11.9. The summed E-state index contributed by atoms with van der Waals surface area (Å²) in [4.78, 5) is 15.1. The van der Waals surface area contributed by atoms with E-state index in [4.69, 9.17) is 17.3 Å². The second-order valence-corrected chi connectivity index (χ2v) is 5.39. The summed E-state index contributed by atoms with van der Waals surface area (Å²) in [6.07, 6.45) is -4.21. The van der Waals surface area contributed by atoms with Gasteiger partial charge >= 0.3 is 6.18 Å². The van der Waals surface area contributed by atoms with E-state index in [0.29, 0.717) is 16.3 Å². The molecule has 1 heterocycles. The summed E-state index contributed by atoms with van der Waals surface area (Å²) in [5.41, 5.74) is 6.36. The zero-order chi connectivity index (χ0) is 15.6. The van der Waals surface area contributed by atoms with Crippen molar-refractivity contribution in [2.75, 3.05) is 38.5 Å². The van der Waals surface area contributed by atoms with Crippen LogP contribution in [0.25, 0.3) is 0 Å². The number of hydrogen-bond donors (Lipinski definition) is 1. The molecule has 0 bridgehead atoms. The highest BCUT2D eigenvalue weighted by Gasteiger charge is 2.33. The maximum Gasteiger partial charge on any atom is 0.401 e. The van der Waals surface area contributed by atoms with E-state index in [1.807, 2.05) is 0 Å². The first-order valence-electron chi connectivity index (χ1n) is 6.39. The van der Waals surface area contributed by atoms with Gasteiger partial charge in [0.2, 0.25) is 0 Å². The predicted molar refractivity (Wildman–Crippen MR) is 74.3 cm³/mol. The van der Waals surface area contributed by atoms with Gasteiger partial charge in [0.05, 0.1) is 6.54 Å². The molecular formula is C13H15ClF3N3O. The number of benzene rings is 1. The van der Waals surface area contributed by atoms with Crippen molar-refractivity contribution in [1.29, 1.82) is 0 Å². The van der Waals surface area contributed by atoms with Crippen LogP contribution in [-0.4, -0.2) is 54.6 Å². The summed E-state index contributed by atoms with van der Waals surface area (Å²) in [7, 11) is 0. The zero-order valence-electron chi connectivity index (χ0n) is 11.2. The summed E-state index contributed by atoms with van der Waals surface area (Å²) in [5, 5.41) is 0.356. The van der Waals surface area contributed by atoms with Gasteiger partial charge in [-0.25, -0.2) is 0 Å². The molecule has 0 atom stereocenters. The van der Waals surface area contributed by atoms with E-state index in [-0.39, 0.29) is 32.1 Å². The number of rotatable bonds is 2. The fraction of sp³-hybridized carbons (Fsp3) is 0.462. The third-order valence-corrected chi connectivity index (χ3v) is 3.45. The third kappa shape index (κ3) is 4.50. The minimum absolute atomic E-state index is 0.196. The Bertz CT molecular complexity index is 508. The maximum atomic E-state index is 12.3. The van der Waals surface area contributed by atoms with Crippen LogP contribution in [0.3, 0.4) is 0 Å². The summed E-state index contributed by atoms with van der Waals surface area (Å²) in [6.45, 7) is -0.0512. The van der Waals surface area contributed by atoms with Crippen molar-refractivity contribution in [1.82, 2.24) is 9.80 Å². The molecule has 1 aromatic carbocycles. The second-order valence-electron chi connectivity index (χ2n) is 4.96. The number of halogens is 4. The molecule has 0 spiro atoms. The van der Waals surface area contributed by atoms with Gasteiger partial charge < -0.3 is 10.6 Å². The monoisotopic (exact) mass is 321 g/mol. The first kappa shape index (κ1) is 15.9. The Hall–Kier alpha value is -1.47. The van der Waals surface area contributed by atoms with Crippen LogP contribution in [0.2, 0.25) is 5.02 Å². The molecule has 2 N–H and O–H groups in total. The summed E-state index contributed by atoms with van der Waals surface area (Å²) < 4.78 is 36.9. The molecular weight excluding hydrogens is 307 g/mol. The summed E-state index contributed by atoms with van der Waals surface area (Å²) >= 11 is 5.84. The summed E-state index contributed by atoms with van der Waals surface area (Å²) in [5.74, 6) is -0.268. The van der Waals surface area contributed by atoms with Gasteiger partial charge in [-0.1, -0.05) is 11.6 Å². The molecule has 4 nitrogen and oxygen atoms in total. The lowest BCUT2D eigenvalue weighted by Gasteiger charge is -2.35. The Morgan fingerprint density at radius 2 is 1.81 bits per heavy atom. The van der Waals surface area contributed by atoms with Crippen LogP contribution in [0.5, 0.6) is 0 Å². The van der Waals surface area contributed by atoms with Crippen molar-refractivity contribution in [2.24, 2.45) is 0 Å². The van der Waals surface area contributed by atoms with Crippen LogP contribution in [-0.2, 0) is 0 Å². The van der Waals surface area contributed by atoms with Gasteiger partial charge in [0, 0.05) is 42.5 Å². The largest absolute Gasteiger partial charge is 0.401 e. The number of nitrogen functional groups attached to an aromatic ring is 1. The normalized spacial score (nSPS) is 17.0. The standard InChI is InChI=1S/C13H15ClF3N3O/c14-10-5-9(6-11(18)7-10)12(21)20-3-1-19(2-4-20)8-13(15,16)17/h5-7H,1-4,8,18H2. The highest BCUT2D eigenvalue weighted by molar-refractivity contribution is 6.31. The number of nitrogens with two attached hydrogens (primary N) is 1. The van der Waals surface area contributed by atoms with E-state index in [1.54, 1.807) is 0 Å². The van der Waals surface area contributed by atoms with E-state index < -0.39 is 12.7 Å². The number of amides is 1. The molecule has 1 aliphatic rings. The van der Waals surface area contributed by atoms with Crippen LogP contribution in [0.15, 0.2) is 18.2 Å². The van der Waals surface area contributed by atoms with E-state index in [9.17, 15) is 18.0 Å². The fourth-order valence-corrected chi connectivity index (χ4v) is 2.52. The van der Waals surface area contributed by atoms with Crippen molar-refractivity contribution >= 4 is 23.2 Å². The highest BCUT2D eigenvalue weighted by atomic mass is 35.5. The number of anilines is 1. The number of piperazine rings is 1. The highest BCUT2D eigenvalue weighted by Crippen LogP contribution is 2.20. The average Bonchev–Trinajstić information content (AvgIpc) is 2.35. The van der Waals surface area contributed by atoms with Crippen molar-refractivity contribution < 1.29 is 18.0 Å². The van der Waals surface area contributed by atoms with Gasteiger partial charge in [-0.05, 0) is 18.2 Å². The molecule has 0 aliphatic carbocycles. The van der Waals surface area contributed by atoms with E-state index >= 15 is 0 Å². The topological polar surface area (TPSA) is 49.6 Å². The second kappa shape index (κ2) is 6.11. The third-order valence-electron chi connectivity index (χ3n) is 3.23. The molecule has 1 aromatic rings. The molecule has 1 fully saturated rings. The van der Waals surface area contributed by atoms with E-state index in [1.165, 1.54) is 28.0 Å². The Morgan fingerprint density at radius 1 is 1.19 bits per heavy atom. The number of carbonyl (C=O) groups excluding carboxylic acids is 1. The van der Waals surface area contributed by atoms with E-state index in [0.717, 1.165) is 0 Å². The molecule has 0 aromatic heterocycles. The number of nitrogens with zero attached hydrogens (tertiary/aromatic N) is 2. The average molecular weight is 322 g/mol. The lowest BCUT2D eigenvalue weighted by Crippen LogP contribution is -2.50. The Balaban J connectivity index is 1.97. The molecule has 1 saturated heterocycles. The van der Waals surface area contributed by atoms with Gasteiger partial charge in [-0.15, -0.1) is 0 Å². The predicted octanol–water partition coefficient (Wildman–Crippen LogP) is 2.24. The van der Waals surface area contributed by atoms with Crippen LogP contribution >= 0.6 is 11.6 Å². The SMILES string of the molecule is Nc1cc(Cl)cc(C(=O)N2CCN(CC(F)(F)F)CC2)c1. The van der Waals surface area contributed by atoms with Gasteiger partial charge in [-0.2, -0.15) is 13.2 Å². The lowest BCUT2D eigenvalue weighted by atomic mass is 10.1. The molecule has 21 heavy (non-hydrogen) atoms. The lowest BCUT2D eigenvalue weighted by molar-refractivity contribution is -0.148. The van der Waals surface area contributed by atoms with Gasteiger partial charge in [0.1, 0.15) is 0 Å². The van der Waals surface area contributed by atoms with Crippen LogP contribution in [0.4, 0.5) is 18.9 Å². The number of alkyl halides is 3. The van der Waals surface area contributed by atoms with Crippen LogP contribution < -0.4 is 5.73 Å². The number of hydrogen-bond acceptors (Lipinski definition) is 3. The van der Waals surface area contributed by atoms with Crippen LogP contribution in [0.1, 0.15) is 10.4 Å². The number of carbonyl (C=O) groups is 1. The molecule has 0 unspecified atom stereocenters.